The van der Waals surface area contributed by atoms with Gasteiger partial charge in [0.05, 0.1) is 7.11 Å². The summed E-state index contributed by atoms with van der Waals surface area (Å²) in [6, 6.07) is 13.1. The predicted octanol–water partition coefficient (Wildman–Crippen LogP) is 3.32. The molecule has 6 heteroatoms. The number of hydrogen-bond donors (Lipinski definition) is 0. The van der Waals surface area contributed by atoms with Gasteiger partial charge in [0, 0.05) is 42.2 Å². The van der Waals surface area contributed by atoms with E-state index in [1.54, 1.807) is 35.9 Å². The molecule has 1 saturated heterocycles. The van der Waals surface area contributed by atoms with Crippen LogP contribution in [-0.4, -0.2) is 61.2 Å². The summed E-state index contributed by atoms with van der Waals surface area (Å²) < 4.78 is 5.19. The summed E-state index contributed by atoms with van der Waals surface area (Å²) in [5.41, 5.74) is 2.33. The van der Waals surface area contributed by atoms with Crippen molar-refractivity contribution in [2.24, 2.45) is 0 Å². The van der Waals surface area contributed by atoms with Crippen molar-refractivity contribution < 1.29 is 14.3 Å². The summed E-state index contributed by atoms with van der Waals surface area (Å²) in [6.45, 7) is 4.10. The van der Waals surface area contributed by atoms with E-state index in [1.807, 2.05) is 48.4 Å². The maximum absolute atomic E-state index is 12.9. The molecule has 27 heavy (non-hydrogen) atoms. The SMILES string of the molecule is COc1cccc(C(=O)N2CCN(C(=O)c3cc(SC)ccc3C)CC2)c1. The lowest BCUT2D eigenvalue weighted by Gasteiger charge is -2.35. The van der Waals surface area contributed by atoms with Gasteiger partial charge < -0.3 is 14.5 Å². The van der Waals surface area contributed by atoms with E-state index < -0.39 is 0 Å². The first kappa shape index (κ1) is 19.3. The van der Waals surface area contributed by atoms with E-state index >= 15 is 0 Å². The molecule has 0 radical (unpaired) electrons. The number of ether oxygens (including phenoxy) is 1. The number of thioether (sulfide) groups is 1. The van der Waals surface area contributed by atoms with Crippen molar-refractivity contribution >= 4 is 23.6 Å². The Morgan fingerprint density at radius 2 is 1.63 bits per heavy atom. The highest BCUT2D eigenvalue weighted by molar-refractivity contribution is 7.98. The van der Waals surface area contributed by atoms with Gasteiger partial charge in [-0.3, -0.25) is 9.59 Å². The second-order valence-corrected chi connectivity index (χ2v) is 7.38. The molecule has 2 aromatic rings. The van der Waals surface area contributed by atoms with Crippen LogP contribution in [0.4, 0.5) is 0 Å². The molecule has 142 valence electrons. The van der Waals surface area contributed by atoms with Crippen LogP contribution in [0.5, 0.6) is 5.75 Å². The number of amides is 2. The van der Waals surface area contributed by atoms with Gasteiger partial charge in [-0.25, -0.2) is 0 Å². The van der Waals surface area contributed by atoms with Crippen LogP contribution < -0.4 is 4.74 Å². The Hall–Kier alpha value is -2.47. The van der Waals surface area contributed by atoms with E-state index in [2.05, 4.69) is 0 Å². The van der Waals surface area contributed by atoms with Crippen molar-refractivity contribution in [3.63, 3.8) is 0 Å². The van der Waals surface area contributed by atoms with Crippen molar-refractivity contribution in [1.82, 2.24) is 9.80 Å². The van der Waals surface area contributed by atoms with E-state index in [1.165, 1.54) is 0 Å². The van der Waals surface area contributed by atoms with Crippen LogP contribution >= 0.6 is 11.8 Å². The number of nitrogens with zero attached hydrogens (tertiary/aromatic N) is 2. The Morgan fingerprint density at radius 3 is 2.26 bits per heavy atom. The van der Waals surface area contributed by atoms with Crippen LogP contribution in [0.1, 0.15) is 26.3 Å². The molecule has 0 unspecified atom stereocenters. The van der Waals surface area contributed by atoms with E-state index in [-0.39, 0.29) is 11.8 Å². The molecule has 0 N–H and O–H groups in total. The second-order valence-electron chi connectivity index (χ2n) is 6.50. The van der Waals surface area contributed by atoms with Gasteiger partial charge in [-0.1, -0.05) is 12.1 Å². The molecule has 1 fully saturated rings. The smallest absolute Gasteiger partial charge is 0.254 e. The van der Waals surface area contributed by atoms with Crippen LogP contribution in [0.2, 0.25) is 0 Å². The number of methoxy groups -OCH3 is 1. The third-order valence-electron chi connectivity index (χ3n) is 4.85. The van der Waals surface area contributed by atoms with Crippen molar-refractivity contribution in [1.29, 1.82) is 0 Å². The standard InChI is InChI=1S/C21H24N2O3S/c1-15-7-8-18(27-3)14-19(15)21(25)23-11-9-22(10-12-23)20(24)16-5-4-6-17(13-16)26-2/h4-8,13-14H,9-12H2,1-3H3. The number of hydrogen-bond acceptors (Lipinski definition) is 4. The zero-order chi connectivity index (χ0) is 19.4. The fraction of sp³-hybridized carbons (Fsp3) is 0.333. The Kier molecular flexibility index (Phi) is 6.06. The second kappa shape index (κ2) is 8.48. The maximum Gasteiger partial charge on any atom is 0.254 e. The summed E-state index contributed by atoms with van der Waals surface area (Å²) in [5, 5.41) is 0. The molecule has 0 saturated carbocycles. The molecule has 2 amide bonds. The number of aryl methyl sites for hydroxylation is 1. The average molecular weight is 385 g/mol. The number of carbonyl (C=O) groups excluding carboxylic acids is 2. The molecule has 0 atom stereocenters. The number of benzene rings is 2. The fourth-order valence-electron chi connectivity index (χ4n) is 3.18. The van der Waals surface area contributed by atoms with Crippen LogP contribution in [0.25, 0.3) is 0 Å². The summed E-state index contributed by atoms with van der Waals surface area (Å²) in [5.74, 6) is 0.678. The van der Waals surface area contributed by atoms with Gasteiger partial charge in [0.15, 0.2) is 0 Å². The van der Waals surface area contributed by atoms with Gasteiger partial charge >= 0.3 is 0 Å². The molecule has 0 bridgehead atoms. The topological polar surface area (TPSA) is 49.9 Å². The zero-order valence-corrected chi connectivity index (χ0v) is 16.7. The first-order valence-electron chi connectivity index (χ1n) is 8.90. The van der Waals surface area contributed by atoms with E-state index in [0.717, 1.165) is 16.0 Å². The summed E-state index contributed by atoms with van der Waals surface area (Å²) >= 11 is 1.63. The minimum atomic E-state index is -0.0263. The first-order valence-corrected chi connectivity index (χ1v) is 10.1. The molecule has 0 spiro atoms. The Morgan fingerprint density at radius 1 is 0.963 bits per heavy atom. The van der Waals surface area contributed by atoms with Crippen molar-refractivity contribution in [3.05, 3.63) is 59.2 Å². The first-order chi connectivity index (χ1) is 13.0. The normalized spacial score (nSPS) is 14.2. The molecule has 5 nitrogen and oxygen atoms in total. The molecule has 1 aliphatic rings. The highest BCUT2D eigenvalue weighted by atomic mass is 32.2. The minimum Gasteiger partial charge on any atom is -0.497 e. The van der Waals surface area contributed by atoms with Gasteiger partial charge in [0.2, 0.25) is 0 Å². The molecule has 2 aromatic carbocycles. The average Bonchev–Trinajstić information content (AvgIpc) is 2.73. The number of rotatable bonds is 4. The highest BCUT2D eigenvalue weighted by Gasteiger charge is 2.26. The molecule has 1 heterocycles. The molecule has 0 aromatic heterocycles. The summed E-state index contributed by atoms with van der Waals surface area (Å²) in [7, 11) is 1.59. The largest absolute Gasteiger partial charge is 0.497 e. The monoisotopic (exact) mass is 384 g/mol. The lowest BCUT2D eigenvalue weighted by Crippen LogP contribution is -2.50. The molecule has 0 aliphatic carbocycles. The Bertz CT molecular complexity index is 845. The molecule has 3 rings (SSSR count). The van der Waals surface area contributed by atoms with Crippen molar-refractivity contribution in [2.45, 2.75) is 11.8 Å². The molecule has 1 aliphatic heterocycles. The van der Waals surface area contributed by atoms with Crippen molar-refractivity contribution in [2.75, 3.05) is 39.5 Å². The Labute approximate surface area is 164 Å². The van der Waals surface area contributed by atoms with E-state index in [9.17, 15) is 9.59 Å². The summed E-state index contributed by atoms with van der Waals surface area (Å²) in [6.07, 6.45) is 2.00. The van der Waals surface area contributed by atoms with Crippen LogP contribution in [0.15, 0.2) is 47.4 Å². The van der Waals surface area contributed by atoms with Gasteiger partial charge in [-0.2, -0.15) is 0 Å². The minimum absolute atomic E-state index is 0.0263. The van der Waals surface area contributed by atoms with E-state index in [0.29, 0.717) is 37.5 Å². The van der Waals surface area contributed by atoms with Crippen LogP contribution in [0.3, 0.4) is 0 Å². The number of piperazine rings is 1. The van der Waals surface area contributed by atoms with Crippen LogP contribution in [-0.2, 0) is 0 Å². The zero-order valence-electron chi connectivity index (χ0n) is 15.9. The lowest BCUT2D eigenvalue weighted by atomic mass is 10.1. The lowest BCUT2D eigenvalue weighted by molar-refractivity contribution is 0.0534. The third-order valence-corrected chi connectivity index (χ3v) is 5.57. The summed E-state index contributed by atoms with van der Waals surface area (Å²) in [4.78, 5) is 30.3. The maximum atomic E-state index is 12.9. The third kappa shape index (κ3) is 4.27. The van der Waals surface area contributed by atoms with Crippen LogP contribution in [0, 0.1) is 6.92 Å². The van der Waals surface area contributed by atoms with Crippen molar-refractivity contribution in [3.8, 4) is 5.75 Å². The number of carbonyl (C=O) groups is 2. The molecular weight excluding hydrogens is 360 g/mol. The fourth-order valence-corrected chi connectivity index (χ4v) is 3.62. The molecular formula is C21H24N2O3S. The predicted molar refractivity (Wildman–Crippen MR) is 108 cm³/mol. The quantitative estimate of drug-likeness (QED) is 0.759. The van der Waals surface area contributed by atoms with Gasteiger partial charge in [-0.15, -0.1) is 11.8 Å². The van der Waals surface area contributed by atoms with Gasteiger partial charge in [0.25, 0.3) is 11.8 Å². The van der Waals surface area contributed by atoms with Gasteiger partial charge in [-0.05, 0) is 49.1 Å². The van der Waals surface area contributed by atoms with E-state index in [4.69, 9.17) is 4.74 Å². The van der Waals surface area contributed by atoms with Gasteiger partial charge in [0.1, 0.15) is 5.75 Å². The highest BCUT2D eigenvalue weighted by Crippen LogP contribution is 2.21. The Balaban J connectivity index is 1.66.